The van der Waals surface area contributed by atoms with Crippen LogP contribution in [0.1, 0.15) is 51.4 Å². The molecule has 0 fully saturated rings. The largest absolute Gasteiger partial charge is 0.344 e. The summed E-state index contributed by atoms with van der Waals surface area (Å²) >= 11 is 0. The maximum Gasteiger partial charge on any atom is 0.271 e. The highest BCUT2D eigenvalue weighted by Crippen LogP contribution is 2.29. The molecule has 0 saturated carbocycles. The number of amides is 1. The highest BCUT2D eigenvalue weighted by Gasteiger charge is 2.24. The summed E-state index contributed by atoms with van der Waals surface area (Å²) in [6.45, 7) is 0.867. The monoisotopic (exact) mass is 421 g/mol. The number of rotatable bonds is 6. The van der Waals surface area contributed by atoms with E-state index >= 15 is 0 Å². The van der Waals surface area contributed by atoms with Gasteiger partial charge in [0.15, 0.2) is 0 Å². The molecule has 3 aromatic carbocycles. The number of carbonyl (C=O) groups is 1. The van der Waals surface area contributed by atoms with Crippen LogP contribution in [-0.2, 0) is 19.4 Å². The molecule has 0 unspecified atom stereocenters. The summed E-state index contributed by atoms with van der Waals surface area (Å²) in [5.74, 6) is 1.35. The molecule has 0 aliphatic carbocycles. The van der Waals surface area contributed by atoms with Gasteiger partial charge in [-0.2, -0.15) is 0 Å². The minimum absolute atomic E-state index is 0.109. The number of fused-ring (bicyclic) bond motifs is 1. The molecule has 160 valence electrons. The molecule has 0 radical (unpaired) electrons. The van der Waals surface area contributed by atoms with Crippen LogP contribution in [0.3, 0.4) is 0 Å². The van der Waals surface area contributed by atoms with E-state index in [1.807, 2.05) is 42.6 Å². The third-order valence-corrected chi connectivity index (χ3v) is 6.29. The van der Waals surface area contributed by atoms with E-state index in [9.17, 15) is 4.79 Å². The lowest BCUT2D eigenvalue weighted by molar-refractivity contribution is 0.0931. The first-order valence-electron chi connectivity index (χ1n) is 11.3. The second-order valence-electron chi connectivity index (χ2n) is 8.47. The Morgan fingerprint density at radius 1 is 0.938 bits per heavy atom. The quantitative estimate of drug-likeness (QED) is 0.458. The number of nitrogens with one attached hydrogen (secondary N) is 1. The molecule has 1 N–H and O–H groups in total. The molecule has 1 aliphatic rings. The van der Waals surface area contributed by atoms with Crippen LogP contribution in [-0.4, -0.2) is 15.5 Å². The summed E-state index contributed by atoms with van der Waals surface area (Å²) in [5.41, 5.74) is 4.14. The van der Waals surface area contributed by atoms with Gasteiger partial charge in [-0.3, -0.25) is 4.79 Å². The van der Waals surface area contributed by atoms with Crippen LogP contribution in [0.5, 0.6) is 0 Å². The summed E-state index contributed by atoms with van der Waals surface area (Å²) in [6, 6.07) is 30.9. The number of benzene rings is 3. The molecule has 1 amide bonds. The van der Waals surface area contributed by atoms with Crippen LogP contribution in [0.4, 0.5) is 0 Å². The summed E-state index contributed by atoms with van der Waals surface area (Å²) < 4.78 is 2.16. The fraction of sp³-hybridized carbons (Fsp3) is 0.214. The van der Waals surface area contributed by atoms with E-state index in [0.29, 0.717) is 11.6 Å². The van der Waals surface area contributed by atoms with Gasteiger partial charge in [0, 0.05) is 25.1 Å². The Labute approximate surface area is 189 Å². The summed E-state index contributed by atoms with van der Waals surface area (Å²) in [6.07, 6.45) is 4.60. The van der Waals surface area contributed by atoms with E-state index in [-0.39, 0.29) is 11.9 Å². The fourth-order valence-corrected chi connectivity index (χ4v) is 4.57. The van der Waals surface area contributed by atoms with Crippen molar-refractivity contribution in [3.8, 4) is 0 Å². The van der Waals surface area contributed by atoms with E-state index in [1.54, 1.807) is 0 Å². The van der Waals surface area contributed by atoms with Crippen molar-refractivity contribution in [2.24, 2.45) is 0 Å². The molecule has 5 rings (SSSR count). The minimum atomic E-state index is -0.118. The van der Waals surface area contributed by atoms with Crippen LogP contribution in [0.15, 0.2) is 97.2 Å². The number of hydrogen-bond donors (Lipinski definition) is 1. The van der Waals surface area contributed by atoms with Crippen molar-refractivity contribution in [1.29, 1.82) is 0 Å². The third-order valence-electron chi connectivity index (χ3n) is 6.29. The minimum Gasteiger partial charge on any atom is -0.344 e. The topological polar surface area (TPSA) is 46.9 Å². The van der Waals surface area contributed by atoms with E-state index in [0.717, 1.165) is 37.2 Å². The smallest absolute Gasteiger partial charge is 0.271 e. The second kappa shape index (κ2) is 9.23. The SMILES string of the molecule is O=C(N[C@H](Cc1ccccc1)c1ccccc1)c1cn2c(n1)CC[C@@H](c1ccccc1)C2. The van der Waals surface area contributed by atoms with Gasteiger partial charge in [0.25, 0.3) is 5.91 Å². The highest BCUT2D eigenvalue weighted by atomic mass is 16.2. The molecular formula is C28H27N3O. The molecule has 1 aromatic heterocycles. The molecular weight excluding hydrogens is 394 g/mol. The van der Waals surface area contributed by atoms with Gasteiger partial charge in [0.2, 0.25) is 0 Å². The zero-order valence-corrected chi connectivity index (χ0v) is 18.0. The molecule has 0 saturated heterocycles. The van der Waals surface area contributed by atoms with Crippen molar-refractivity contribution >= 4 is 5.91 Å². The molecule has 4 heteroatoms. The van der Waals surface area contributed by atoms with Gasteiger partial charge in [0.1, 0.15) is 11.5 Å². The average Bonchev–Trinajstić information content (AvgIpc) is 3.29. The van der Waals surface area contributed by atoms with E-state index in [1.165, 1.54) is 11.1 Å². The molecule has 2 heterocycles. The van der Waals surface area contributed by atoms with Crippen molar-refractivity contribution in [2.45, 2.75) is 37.8 Å². The van der Waals surface area contributed by atoms with E-state index < -0.39 is 0 Å². The fourth-order valence-electron chi connectivity index (χ4n) is 4.57. The molecule has 32 heavy (non-hydrogen) atoms. The van der Waals surface area contributed by atoms with E-state index in [2.05, 4.69) is 69.5 Å². The second-order valence-corrected chi connectivity index (χ2v) is 8.47. The zero-order valence-electron chi connectivity index (χ0n) is 18.0. The first-order valence-corrected chi connectivity index (χ1v) is 11.3. The van der Waals surface area contributed by atoms with Crippen LogP contribution in [0.2, 0.25) is 0 Å². The Kier molecular flexibility index (Phi) is 5.84. The van der Waals surface area contributed by atoms with Crippen LogP contribution in [0, 0.1) is 0 Å². The van der Waals surface area contributed by atoms with Gasteiger partial charge in [-0.15, -0.1) is 0 Å². The number of nitrogens with zero attached hydrogens (tertiary/aromatic N) is 2. The first kappa shape index (κ1) is 20.3. The maximum atomic E-state index is 13.2. The van der Waals surface area contributed by atoms with Crippen LogP contribution >= 0.6 is 0 Å². The molecule has 4 aromatic rings. The van der Waals surface area contributed by atoms with Crippen molar-refractivity contribution in [1.82, 2.24) is 14.9 Å². The van der Waals surface area contributed by atoms with Crippen LogP contribution in [0.25, 0.3) is 0 Å². The van der Waals surface area contributed by atoms with Gasteiger partial charge in [-0.1, -0.05) is 91.0 Å². The number of hydrogen-bond acceptors (Lipinski definition) is 2. The van der Waals surface area contributed by atoms with Crippen molar-refractivity contribution in [2.75, 3.05) is 0 Å². The van der Waals surface area contributed by atoms with Gasteiger partial charge >= 0.3 is 0 Å². The van der Waals surface area contributed by atoms with Crippen molar-refractivity contribution < 1.29 is 4.79 Å². The lowest BCUT2D eigenvalue weighted by Crippen LogP contribution is -2.30. The van der Waals surface area contributed by atoms with Crippen molar-refractivity contribution in [3.05, 3.63) is 125 Å². The number of carbonyl (C=O) groups excluding carboxylic acids is 1. The molecule has 4 nitrogen and oxygen atoms in total. The average molecular weight is 422 g/mol. The molecule has 2 atom stereocenters. The number of imidazole rings is 1. The Balaban J connectivity index is 1.34. The molecule has 1 aliphatic heterocycles. The third kappa shape index (κ3) is 4.50. The van der Waals surface area contributed by atoms with Gasteiger partial charge in [-0.05, 0) is 29.5 Å². The zero-order chi connectivity index (χ0) is 21.8. The first-order chi connectivity index (χ1) is 15.8. The molecule has 0 bridgehead atoms. The Hall–Kier alpha value is -3.66. The molecule has 0 spiro atoms. The summed E-state index contributed by atoms with van der Waals surface area (Å²) in [7, 11) is 0. The normalized spacial score (nSPS) is 16.2. The summed E-state index contributed by atoms with van der Waals surface area (Å²) in [5, 5.41) is 3.24. The summed E-state index contributed by atoms with van der Waals surface area (Å²) in [4.78, 5) is 17.9. The predicted molar refractivity (Wildman–Crippen MR) is 127 cm³/mol. The van der Waals surface area contributed by atoms with Gasteiger partial charge < -0.3 is 9.88 Å². The Morgan fingerprint density at radius 3 is 2.31 bits per heavy atom. The van der Waals surface area contributed by atoms with Gasteiger partial charge in [0.05, 0.1) is 6.04 Å². The highest BCUT2D eigenvalue weighted by molar-refractivity contribution is 5.92. The lowest BCUT2D eigenvalue weighted by Gasteiger charge is -2.23. The predicted octanol–water partition coefficient (Wildman–Crippen LogP) is 5.33. The lowest BCUT2D eigenvalue weighted by atomic mass is 9.92. The standard InChI is InChI=1S/C28H27N3O/c32-28(30-25(23-14-8-3-9-15-23)18-21-10-4-1-5-11-21)26-20-31-19-24(16-17-27(31)29-26)22-12-6-2-7-13-22/h1-15,20,24-25H,16-19H2,(H,30,32)/t24-,25-/m1/s1. The Bertz CT molecular complexity index is 1170. The Morgan fingerprint density at radius 2 is 1.59 bits per heavy atom. The number of aryl methyl sites for hydroxylation is 1. The maximum absolute atomic E-state index is 13.2. The number of aromatic nitrogens is 2. The van der Waals surface area contributed by atoms with Crippen LogP contribution < -0.4 is 5.32 Å². The van der Waals surface area contributed by atoms with Gasteiger partial charge in [-0.25, -0.2) is 4.98 Å². The van der Waals surface area contributed by atoms with E-state index in [4.69, 9.17) is 0 Å². The van der Waals surface area contributed by atoms with Crippen molar-refractivity contribution in [3.63, 3.8) is 0 Å².